The van der Waals surface area contributed by atoms with E-state index in [9.17, 15) is 24.4 Å². The number of hydrogen-bond acceptors (Lipinski definition) is 5. The second-order valence-electron chi connectivity index (χ2n) is 14.9. The molecule has 4 amide bonds. The van der Waals surface area contributed by atoms with Crippen molar-refractivity contribution in [2.24, 2.45) is 22.7 Å². The van der Waals surface area contributed by atoms with E-state index in [-0.39, 0.29) is 47.9 Å². The molecule has 1 aromatic rings. The first-order chi connectivity index (χ1) is 19.9. The van der Waals surface area contributed by atoms with Crippen molar-refractivity contribution in [1.29, 1.82) is 5.26 Å². The maximum atomic E-state index is 14.2. The summed E-state index contributed by atoms with van der Waals surface area (Å²) in [6, 6.07) is 7.29. The van der Waals surface area contributed by atoms with Gasteiger partial charge in [-0.1, -0.05) is 58.2 Å². The Hall–Kier alpha value is -3.41. The first kappa shape index (κ1) is 28.7. The van der Waals surface area contributed by atoms with E-state index in [2.05, 4.69) is 22.0 Å². The van der Waals surface area contributed by atoms with Gasteiger partial charge < -0.3 is 20.9 Å². The molecule has 0 bridgehead atoms. The van der Waals surface area contributed by atoms with Gasteiger partial charge in [-0.15, -0.1) is 0 Å². The fourth-order valence-electron chi connectivity index (χ4n) is 7.73. The van der Waals surface area contributed by atoms with Crippen LogP contribution in [0.25, 0.3) is 0 Å². The SMILES string of the molecule is CC(C)(C)C[C@H](NC(=O)[C@H](CC1CC1)NC(=O)C1CC2(CCC2)C1)C(=O)N1C[C@]2(C[C@H]1C#N)C(=O)Nc1ccccc12. The van der Waals surface area contributed by atoms with Gasteiger partial charge in [-0.3, -0.25) is 19.2 Å². The molecule has 2 spiro atoms. The number of rotatable bonds is 8. The van der Waals surface area contributed by atoms with Crippen molar-refractivity contribution in [2.75, 3.05) is 11.9 Å². The van der Waals surface area contributed by atoms with Crippen molar-refractivity contribution < 1.29 is 19.2 Å². The molecular weight excluding hydrogens is 530 g/mol. The zero-order valence-electron chi connectivity index (χ0n) is 25.0. The average Bonchev–Trinajstić information content (AvgIpc) is 3.55. The molecule has 3 saturated carbocycles. The van der Waals surface area contributed by atoms with Gasteiger partial charge in [-0.05, 0) is 66.9 Å². The third-order valence-electron chi connectivity index (χ3n) is 10.4. The molecule has 2 heterocycles. The Kier molecular flexibility index (Phi) is 7.10. The summed E-state index contributed by atoms with van der Waals surface area (Å²) in [7, 11) is 0. The minimum absolute atomic E-state index is 0.0376. The molecule has 1 saturated heterocycles. The number of carbonyl (C=O) groups excluding carboxylic acids is 4. The monoisotopic (exact) mass is 573 g/mol. The maximum Gasteiger partial charge on any atom is 0.246 e. The topological polar surface area (TPSA) is 131 Å². The van der Waals surface area contributed by atoms with Crippen molar-refractivity contribution in [3.8, 4) is 6.07 Å². The number of nitriles is 1. The average molecular weight is 574 g/mol. The molecule has 3 N–H and O–H groups in total. The van der Waals surface area contributed by atoms with Gasteiger partial charge in [-0.25, -0.2) is 0 Å². The molecule has 3 aliphatic carbocycles. The predicted molar refractivity (Wildman–Crippen MR) is 157 cm³/mol. The Labute approximate surface area is 248 Å². The third-order valence-corrected chi connectivity index (χ3v) is 10.4. The van der Waals surface area contributed by atoms with E-state index in [0.29, 0.717) is 29.9 Å². The van der Waals surface area contributed by atoms with E-state index in [1.54, 1.807) is 0 Å². The Bertz CT molecular complexity index is 1330. The molecule has 0 unspecified atom stereocenters. The largest absolute Gasteiger partial charge is 0.344 e. The molecule has 4 fully saturated rings. The Morgan fingerprint density at radius 3 is 2.43 bits per heavy atom. The van der Waals surface area contributed by atoms with Crippen LogP contribution in [-0.2, 0) is 24.6 Å². The predicted octanol–water partition coefficient (Wildman–Crippen LogP) is 3.79. The van der Waals surface area contributed by atoms with Crippen LogP contribution in [0.3, 0.4) is 0 Å². The van der Waals surface area contributed by atoms with Crippen LogP contribution in [0.1, 0.15) is 90.5 Å². The highest BCUT2D eigenvalue weighted by Gasteiger charge is 2.57. The number of hydrogen-bond donors (Lipinski definition) is 3. The lowest BCUT2D eigenvalue weighted by atomic mass is 9.51. The number of anilines is 1. The normalized spacial score (nSPS) is 27.3. The highest BCUT2D eigenvalue weighted by molar-refractivity contribution is 6.07. The Balaban J connectivity index is 1.19. The lowest BCUT2D eigenvalue weighted by Gasteiger charge is -2.53. The van der Waals surface area contributed by atoms with Gasteiger partial charge in [0.25, 0.3) is 0 Å². The van der Waals surface area contributed by atoms with Crippen LogP contribution in [0.4, 0.5) is 5.69 Å². The van der Waals surface area contributed by atoms with Gasteiger partial charge in [0.1, 0.15) is 18.1 Å². The van der Waals surface area contributed by atoms with Crippen LogP contribution in [-0.4, -0.2) is 53.2 Å². The van der Waals surface area contributed by atoms with Gasteiger partial charge >= 0.3 is 0 Å². The standard InChI is InChI=1S/C33H43N5O4/c1-31(2,3)17-26(29(41)38-19-33(16-22(38)18-34)23-7-4-5-8-24(23)37-30(33)42)36-28(40)25(13-20-9-10-20)35-27(39)21-14-32(15-21)11-6-12-32/h4-5,7-8,20-22,25-26H,6,9-17,19H2,1-3H3,(H,35,39)(H,36,40)(H,37,42)/t22-,25-,26-,33-/m0/s1. The van der Waals surface area contributed by atoms with Gasteiger partial charge in [0.15, 0.2) is 0 Å². The van der Waals surface area contributed by atoms with E-state index < -0.39 is 23.5 Å². The van der Waals surface area contributed by atoms with Crippen molar-refractivity contribution in [3.63, 3.8) is 0 Å². The van der Waals surface area contributed by atoms with E-state index in [1.807, 2.05) is 45.0 Å². The second-order valence-corrected chi connectivity index (χ2v) is 14.9. The number of nitrogens with zero attached hydrogens (tertiary/aromatic N) is 2. The molecule has 5 aliphatic rings. The number of likely N-dealkylation sites (tertiary alicyclic amines) is 1. The minimum Gasteiger partial charge on any atom is -0.344 e. The van der Waals surface area contributed by atoms with Crippen molar-refractivity contribution in [2.45, 2.75) is 109 Å². The Morgan fingerprint density at radius 2 is 1.81 bits per heavy atom. The zero-order chi connectivity index (χ0) is 29.9. The summed E-state index contributed by atoms with van der Waals surface area (Å²) in [6.45, 7) is 6.09. The summed E-state index contributed by atoms with van der Waals surface area (Å²) in [5.74, 6) is -0.598. The van der Waals surface area contributed by atoms with E-state index in [1.165, 1.54) is 24.2 Å². The van der Waals surface area contributed by atoms with Crippen molar-refractivity contribution in [3.05, 3.63) is 29.8 Å². The maximum absolute atomic E-state index is 14.2. The lowest BCUT2D eigenvalue weighted by molar-refractivity contribution is -0.141. The fourth-order valence-corrected chi connectivity index (χ4v) is 7.73. The highest BCUT2D eigenvalue weighted by Crippen LogP contribution is 2.58. The fraction of sp³-hybridized carbons (Fsp3) is 0.667. The van der Waals surface area contributed by atoms with Crippen LogP contribution >= 0.6 is 0 Å². The Morgan fingerprint density at radius 1 is 1.10 bits per heavy atom. The van der Waals surface area contributed by atoms with E-state index >= 15 is 0 Å². The van der Waals surface area contributed by atoms with Crippen LogP contribution < -0.4 is 16.0 Å². The molecule has 9 heteroatoms. The summed E-state index contributed by atoms with van der Waals surface area (Å²) in [5, 5.41) is 19.1. The first-order valence-electron chi connectivity index (χ1n) is 15.6. The van der Waals surface area contributed by atoms with Gasteiger partial charge in [0.2, 0.25) is 23.6 Å². The number of amides is 4. The number of fused-ring (bicyclic) bond motifs is 2. The number of carbonyl (C=O) groups is 4. The summed E-state index contributed by atoms with van der Waals surface area (Å²) in [4.78, 5) is 55.8. The van der Waals surface area contributed by atoms with Gasteiger partial charge in [-0.2, -0.15) is 5.26 Å². The number of para-hydroxylation sites is 1. The molecule has 4 atom stereocenters. The highest BCUT2D eigenvalue weighted by atomic mass is 16.2. The molecule has 0 aromatic heterocycles. The van der Waals surface area contributed by atoms with Crippen LogP contribution in [0.15, 0.2) is 24.3 Å². The molecule has 6 rings (SSSR count). The van der Waals surface area contributed by atoms with Gasteiger partial charge in [0, 0.05) is 24.6 Å². The third kappa shape index (κ3) is 5.29. The molecule has 1 aromatic carbocycles. The molecule has 2 aliphatic heterocycles. The van der Waals surface area contributed by atoms with Crippen LogP contribution in [0, 0.1) is 34.0 Å². The van der Waals surface area contributed by atoms with Crippen molar-refractivity contribution in [1.82, 2.24) is 15.5 Å². The van der Waals surface area contributed by atoms with E-state index in [4.69, 9.17) is 0 Å². The summed E-state index contributed by atoms with van der Waals surface area (Å²) in [6.07, 6.45) is 8.68. The lowest BCUT2D eigenvalue weighted by Crippen LogP contribution is -2.58. The summed E-state index contributed by atoms with van der Waals surface area (Å²) >= 11 is 0. The summed E-state index contributed by atoms with van der Waals surface area (Å²) < 4.78 is 0. The van der Waals surface area contributed by atoms with Gasteiger partial charge in [0.05, 0.1) is 11.5 Å². The number of nitrogens with one attached hydrogen (secondary N) is 3. The van der Waals surface area contributed by atoms with Crippen LogP contribution in [0.5, 0.6) is 0 Å². The van der Waals surface area contributed by atoms with Crippen molar-refractivity contribution >= 4 is 29.3 Å². The molecule has 42 heavy (non-hydrogen) atoms. The number of benzene rings is 1. The molecule has 9 nitrogen and oxygen atoms in total. The molecule has 224 valence electrons. The summed E-state index contributed by atoms with van der Waals surface area (Å²) in [5.41, 5.74) is 0.575. The quantitative estimate of drug-likeness (QED) is 0.436. The molecule has 0 radical (unpaired) electrons. The second kappa shape index (κ2) is 10.4. The zero-order valence-corrected chi connectivity index (χ0v) is 25.0. The molecular formula is C33H43N5O4. The van der Waals surface area contributed by atoms with E-state index in [0.717, 1.165) is 31.2 Å². The smallest absolute Gasteiger partial charge is 0.246 e. The first-order valence-corrected chi connectivity index (χ1v) is 15.6. The minimum atomic E-state index is -0.994. The van der Waals surface area contributed by atoms with Crippen LogP contribution in [0.2, 0.25) is 0 Å².